The molecule has 19 heavy (non-hydrogen) atoms. The molecule has 1 aliphatic carbocycles. The molecule has 4 nitrogen and oxygen atoms in total. The number of hydrogen-bond donors (Lipinski definition) is 2. The number of rotatable bonds is 4. The minimum atomic E-state index is 0.255. The molecular formula is C14H25N3OS. The van der Waals surface area contributed by atoms with Gasteiger partial charge in [0.15, 0.2) is 5.11 Å². The zero-order chi connectivity index (χ0) is 13.5. The van der Waals surface area contributed by atoms with Crippen LogP contribution in [0.1, 0.15) is 51.4 Å². The molecule has 1 heterocycles. The van der Waals surface area contributed by atoms with Crippen LogP contribution in [-0.2, 0) is 4.79 Å². The molecule has 0 aromatic heterocycles. The van der Waals surface area contributed by atoms with E-state index in [9.17, 15) is 4.79 Å². The van der Waals surface area contributed by atoms with Gasteiger partial charge in [0.05, 0.1) is 0 Å². The van der Waals surface area contributed by atoms with E-state index in [2.05, 4.69) is 10.6 Å². The van der Waals surface area contributed by atoms with Gasteiger partial charge in [-0.1, -0.05) is 19.3 Å². The Morgan fingerprint density at radius 3 is 2.47 bits per heavy atom. The molecule has 2 aliphatic rings. The SMILES string of the molecule is O=C(CCNC(=S)NC1CCCCC1)N1CCCC1. The molecule has 5 heteroatoms. The van der Waals surface area contributed by atoms with Crippen molar-refractivity contribution in [1.82, 2.24) is 15.5 Å². The van der Waals surface area contributed by atoms with Crippen molar-refractivity contribution in [1.29, 1.82) is 0 Å². The molecule has 0 unspecified atom stereocenters. The number of thiocarbonyl (C=S) groups is 1. The Morgan fingerprint density at radius 2 is 1.79 bits per heavy atom. The maximum Gasteiger partial charge on any atom is 0.224 e. The summed E-state index contributed by atoms with van der Waals surface area (Å²) in [5.74, 6) is 0.255. The molecule has 108 valence electrons. The van der Waals surface area contributed by atoms with Crippen molar-refractivity contribution in [3.63, 3.8) is 0 Å². The summed E-state index contributed by atoms with van der Waals surface area (Å²) in [6.45, 7) is 2.51. The number of likely N-dealkylation sites (tertiary alicyclic amines) is 1. The minimum Gasteiger partial charge on any atom is -0.362 e. The van der Waals surface area contributed by atoms with Gasteiger partial charge in [-0.25, -0.2) is 0 Å². The first-order chi connectivity index (χ1) is 9.25. The third-order valence-electron chi connectivity index (χ3n) is 4.02. The van der Waals surface area contributed by atoms with Crippen molar-refractivity contribution in [3.05, 3.63) is 0 Å². The van der Waals surface area contributed by atoms with Gasteiger partial charge in [0, 0.05) is 32.1 Å². The van der Waals surface area contributed by atoms with Crippen LogP contribution >= 0.6 is 12.2 Å². The van der Waals surface area contributed by atoms with Crippen molar-refractivity contribution in [2.24, 2.45) is 0 Å². The second-order valence-corrected chi connectivity index (χ2v) is 5.98. The predicted molar refractivity (Wildman–Crippen MR) is 81.0 cm³/mol. The first-order valence-corrected chi connectivity index (χ1v) is 7.98. The van der Waals surface area contributed by atoms with E-state index in [0.29, 0.717) is 24.1 Å². The van der Waals surface area contributed by atoms with Crippen LogP contribution in [0.2, 0.25) is 0 Å². The number of nitrogens with zero attached hydrogens (tertiary/aromatic N) is 1. The van der Waals surface area contributed by atoms with Gasteiger partial charge in [-0.15, -0.1) is 0 Å². The molecule has 0 aromatic rings. The first kappa shape index (κ1) is 14.6. The smallest absolute Gasteiger partial charge is 0.224 e. The monoisotopic (exact) mass is 283 g/mol. The highest BCUT2D eigenvalue weighted by Gasteiger charge is 2.17. The Bertz CT molecular complexity index is 310. The normalized spacial score (nSPS) is 20.3. The molecule has 1 saturated carbocycles. The van der Waals surface area contributed by atoms with Crippen LogP contribution in [-0.4, -0.2) is 41.6 Å². The molecule has 0 atom stereocenters. The minimum absolute atomic E-state index is 0.255. The summed E-state index contributed by atoms with van der Waals surface area (Å²) in [6, 6.07) is 0.531. The quantitative estimate of drug-likeness (QED) is 0.772. The number of nitrogens with one attached hydrogen (secondary N) is 2. The summed E-state index contributed by atoms with van der Waals surface area (Å²) in [6.07, 6.45) is 9.24. The van der Waals surface area contributed by atoms with Crippen LogP contribution in [0.25, 0.3) is 0 Å². The second-order valence-electron chi connectivity index (χ2n) is 5.57. The zero-order valence-electron chi connectivity index (χ0n) is 11.6. The molecule has 0 radical (unpaired) electrons. The Balaban J connectivity index is 1.56. The predicted octanol–water partition coefficient (Wildman–Crippen LogP) is 1.80. The Labute approximate surface area is 121 Å². The molecule has 0 bridgehead atoms. The van der Waals surface area contributed by atoms with Crippen molar-refractivity contribution in [2.45, 2.75) is 57.4 Å². The molecule has 0 aromatic carbocycles. The van der Waals surface area contributed by atoms with Gasteiger partial charge >= 0.3 is 0 Å². The van der Waals surface area contributed by atoms with Crippen LogP contribution in [0.3, 0.4) is 0 Å². The fourth-order valence-electron chi connectivity index (χ4n) is 2.89. The standard InChI is InChI=1S/C14H25N3OS/c18-13(17-10-4-5-11-17)8-9-15-14(19)16-12-6-2-1-3-7-12/h12H,1-11H2,(H2,15,16,19). The highest BCUT2D eigenvalue weighted by molar-refractivity contribution is 7.80. The number of hydrogen-bond acceptors (Lipinski definition) is 2. The van der Waals surface area contributed by atoms with Gasteiger partial charge in [0.1, 0.15) is 0 Å². The summed E-state index contributed by atoms with van der Waals surface area (Å²) in [4.78, 5) is 13.8. The third-order valence-corrected chi connectivity index (χ3v) is 4.29. The Kier molecular flexibility index (Phi) is 5.89. The summed E-state index contributed by atoms with van der Waals surface area (Å²) in [5, 5.41) is 7.22. The van der Waals surface area contributed by atoms with Crippen LogP contribution in [0.4, 0.5) is 0 Å². The van der Waals surface area contributed by atoms with Crippen molar-refractivity contribution in [3.8, 4) is 0 Å². The van der Waals surface area contributed by atoms with Gasteiger partial charge in [0.2, 0.25) is 5.91 Å². The number of carbonyl (C=O) groups excluding carboxylic acids is 1. The highest BCUT2D eigenvalue weighted by atomic mass is 32.1. The summed E-state index contributed by atoms with van der Waals surface area (Å²) >= 11 is 5.27. The first-order valence-electron chi connectivity index (χ1n) is 7.58. The average Bonchev–Trinajstić information content (AvgIpc) is 2.93. The largest absolute Gasteiger partial charge is 0.362 e. The molecule has 0 spiro atoms. The van der Waals surface area contributed by atoms with Gasteiger partial charge in [-0.2, -0.15) is 0 Å². The second kappa shape index (κ2) is 7.68. The van der Waals surface area contributed by atoms with Crippen LogP contribution < -0.4 is 10.6 Å². The topological polar surface area (TPSA) is 44.4 Å². The molecule has 1 amide bonds. The van der Waals surface area contributed by atoms with Gasteiger partial charge < -0.3 is 15.5 Å². The van der Waals surface area contributed by atoms with Gasteiger partial charge in [-0.05, 0) is 37.9 Å². The Hall–Kier alpha value is -0.840. The molecule has 1 saturated heterocycles. The van der Waals surface area contributed by atoms with E-state index in [1.54, 1.807) is 0 Å². The summed E-state index contributed by atoms with van der Waals surface area (Å²) < 4.78 is 0. The lowest BCUT2D eigenvalue weighted by molar-refractivity contribution is -0.129. The zero-order valence-corrected chi connectivity index (χ0v) is 12.4. The number of carbonyl (C=O) groups is 1. The van der Waals surface area contributed by atoms with Crippen LogP contribution in [0, 0.1) is 0 Å². The van der Waals surface area contributed by atoms with E-state index in [1.807, 2.05) is 4.90 Å². The van der Waals surface area contributed by atoms with Crippen LogP contribution in [0.5, 0.6) is 0 Å². The molecule has 2 rings (SSSR count). The van der Waals surface area contributed by atoms with E-state index in [0.717, 1.165) is 25.9 Å². The maximum atomic E-state index is 11.8. The highest BCUT2D eigenvalue weighted by Crippen LogP contribution is 2.17. The maximum absolute atomic E-state index is 11.8. The summed E-state index contributed by atoms with van der Waals surface area (Å²) in [5.41, 5.74) is 0. The van der Waals surface area contributed by atoms with Gasteiger partial charge in [-0.3, -0.25) is 4.79 Å². The fourth-order valence-corrected chi connectivity index (χ4v) is 3.16. The van der Waals surface area contributed by atoms with E-state index in [1.165, 1.54) is 32.1 Å². The van der Waals surface area contributed by atoms with Crippen molar-refractivity contribution >= 4 is 23.2 Å². The molecule has 1 aliphatic heterocycles. The average molecular weight is 283 g/mol. The molecular weight excluding hydrogens is 258 g/mol. The number of amides is 1. The van der Waals surface area contributed by atoms with Gasteiger partial charge in [0.25, 0.3) is 0 Å². The lowest BCUT2D eigenvalue weighted by atomic mass is 9.96. The molecule has 2 fully saturated rings. The lowest BCUT2D eigenvalue weighted by Crippen LogP contribution is -2.43. The van der Waals surface area contributed by atoms with E-state index in [-0.39, 0.29) is 5.91 Å². The summed E-state index contributed by atoms with van der Waals surface area (Å²) in [7, 11) is 0. The third kappa shape index (κ3) is 4.97. The van der Waals surface area contributed by atoms with Crippen LogP contribution in [0.15, 0.2) is 0 Å². The Morgan fingerprint density at radius 1 is 1.11 bits per heavy atom. The lowest BCUT2D eigenvalue weighted by Gasteiger charge is -2.24. The fraction of sp³-hybridized carbons (Fsp3) is 0.857. The van der Waals surface area contributed by atoms with Crippen molar-refractivity contribution < 1.29 is 4.79 Å². The van der Waals surface area contributed by atoms with E-state index in [4.69, 9.17) is 12.2 Å². The van der Waals surface area contributed by atoms with E-state index < -0.39 is 0 Å². The molecule has 2 N–H and O–H groups in total. The van der Waals surface area contributed by atoms with E-state index >= 15 is 0 Å². The van der Waals surface area contributed by atoms with Crippen molar-refractivity contribution in [2.75, 3.05) is 19.6 Å².